The molecule has 0 saturated carbocycles. The van der Waals surface area contributed by atoms with Crippen LogP contribution in [0.5, 0.6) is 0 Å². The lowest BCUT2D eigenvalue weighted by molar-refractivity contribution is 0.625. The molecular weight excluding hydrogens is 321 g/mol. The van der Waals surface area contributed by atoms with E-state index in [0.717, 1.165) is 37.6 Å². The Morgan fingerprint density at radius 3 is 2.44 bits per heavy atom. The van der Waals surface area contributed by atoms with Gasteiger partial charge in [-0.25, -0.2) is 9.37 Å². The van der Waals surface area contributed by atoms with Crippen molar-refractivity contribution in [2.45, 2.75) is 0 Å². The third-order valence-electron chi connectivity index (χ3n) is 4.54. The van der Waals surface area contributed by atoms with E-state index in [2.05, 4.69) is 19.8 Å². The van der Waals surface area contributed by atoms with Crippen molar-refractivity contribution in [3.63, 3.8) is 0 Å². The van der Waals surface area contributed by atoms with Gasteiger partial charge in [0, 0.05) is 31.9 Å². The van der Waals surface area contributed by atoms with Crippen LogP contribution in [0.3, 0.4) is 0 Å². The second-order valence-electron chi connectivity index (χ2n) is 6.13. The molecule has 1 aliphatic heterocycles. The molecule has 7 heteroatoms. The number of H-pyrrole nitrogens is 1. The smallest absolute Gasteiger partial charge is 0.266 e. The number of nitrogen functional groups attached to an aromatic ring is 1. The second kappa shape index (κ2) is 6.08. The van der Waals surface area contributed by atoms with Crippen LogP contribution in [0.15, 0.2) is 47.4 Å². The highest BCUT2D eigenvalue weighted by molar-refractivity contribution is 5.86. The molecule has 25 heavy (non-hydrogen) atoms. The molecule has 2 heterocycles. The van der Waals surface area contributed by atoms with Crippen molar-refractivity contribution >= 4 is 28.1 Å². The van der Waals surface area contributed by atoms with Gasteiger partial charge in [-0.1, -0.05) is 0 Å². The van der Waals surface area contributed by atoms with Gasteiger partial charge in [0.2, 0.25) is 0 Å². The lowest BCUT2D eigenvalue weighted by atomic mass is 10.1. The number of nitrogens with two attached hydrogens (primary N) is 1. The molecule has 0 radical (unpaired) electrons. The molecule has 4 rings (SSSR count). The summed E-state index contributed by atoms with van der Waals surface area (Å²) < 4.78 is 13.1. The maximum absolute atomic E-state index is 13.1. The fraction of sp³-hybridized carbons (Fsp3) is 0.222. The molecule has 1 fully saturated rings. The summed E-state index contributed by atoms with van der Waals surface area (Å²) in [7, 11) is 0. The van der Waals surface area contributed by atoms with E-state index in [0.29, 0.717) is 16.7 Å². The number of aromatic amines is 1. The maximum Gasteiger partial charge on any atom is 0.266 e. The summed E-state index contributed by atoms with van der Waals surface area (Å²) >= 11 is 0. The SMILES string of the molecule is Nc1cc2[nH]c(=O)cnc2cc1N1CCN(c2ccc(F)cc2)CC1. The Kier molecular flexibility index (Phi) is 3.76. The number of halogens is 1. The van der Waals surface area contributed by atoms with E-state index in [1.54, 1.807) is 18.2 Å². The fourth-order valence-electron chi connectivity index (χ4n) is 3.23. The molecule has 128 valence electrons. The van der Waals surface area contributed by atoms with Crippen LogP contribution in [-0.2, 0) is 0 Å². The molecule has 3 N–H and O–H groups in total. The van der Waals surface area contributed by atoms with E-state index in [1.807, 2.05) is 6.07 Å². The number of rotatable bonds is 2. The fourth-order valence-corrected chi connectivity index (χ4v) is 3.23. The first-order chi connectivity index (χ1) is 12.1. The molecule has 3 aromatic rings. The minimum Gasteiger partial charge on any atom is -0.397 e. The summed E-state index contributed by atoms with van der Waals surface area (Å²) in [5.74, 6) is -0.225. The summed E-state index contributed by atoms with van der Waals surface area (Å²) in [6, 6.07) is 10.2. The Balaban J connectivity index is 1.55. The summed E-state index contributed by atoms with van der Waals surface area (Å²) in [5.41, 5.74) is 9.85. The Hall–Kier alpha value is -3.09. The Labute approximate surface area is 143 Å². The van der Waals surface area contributed by atoms with Crippen LogP contribution in [0.2, 0.25) is 0 Å². The highest BCUT2D eigenvalue weighted by atomic mass is 19.1. The molecule has 0 amide bonds. The van der Waals surface area contributed by atoms with Crippen LogP contribution in [0.1, 0.15) is 0 Å². The summed E-state index contributed by atoms with van der Waals surface area (Å²) in [5, 5.41) is 0. The number of anilines is 3. The van der Waals surface area contributed by atoms with Gasteiger partial charge in [-0.05, 0) is 36.4 Å². The number of aromatic nitrogens is 2. The van der Waals surface area contributed by atoms with Crippen LogP contribution in [0.4, 0.5) is 21.5 Å². The van der Waals surface area contributed by atoms with Crippen LogP contribution in [0.25, 0.3) is 11.0 Å². The van der Waals surface area contributed by atoms with Gasteiger partial charge in [-0.3, -0.25) is 4.79 Å². The van der Waals surface area contributed by atoms with E-state index in [-0.39, 0.29) is 11.4 Å². The van der Waals surface area contributed by atoms with E-state index < -0.39 is 0 Å². The predicted octanol–water partition coefficient (Wildman–Crippen LogP) is 1.97. The third-order valence-corrected chi connectivity index (χ3v) is 4.54. The predicted molar refractivity (Wildman–Crippen MR) is 97.6 cm³/mol. The molecule has 2 aromatic carbocycles. The standard InChI is InChI=1S/C18H18FN5O/c19-12-1-3-13(4-2-12)23-5-7-24(8-6-23)17-10-15-16(9-14(17)20)22-18(25)11-21-15/h1-4,9-11H,5-8,20H2,(H,22,25). The monoisotopic (exact) mass is 339 g/mol. The minimum absolute atomic E-state index is 0.225. The van der Waals surface area contributed by atoms with Crippen molar-refractivity contribution < 1.29 is 4.39 Å². The number of benzene rings is 2. The van der Waals surface area contributed by atoms with Gasteiger partial charge in [-0.2, -0.15) is 0 Å². The van der Waals surface area contributed by atoms with Crippen molar-refractivity contribution in [1.29, 1.82) is 0 Å². The molecule has 0 unspecified atom stereocenters. The van der Waals surface area contributed by atoms with Gasteiger partial charge in [-0.15, -0.1) is 0 Å². The molecule has 6 nitrogen and oxygen atoms in total. The van der Waals surface area contributed by atoms with Gasteiger partial charge in [0.05, 0.1) is 28.6 Å². The average molecular weight is 339 g/mol. The Morgan fingerprint density at radius 1 is 1.04 bits per heavy atom. The molecular formula is C18H18FN5O. The van der Waals surface area contributed by atoms with Crippen molar-refractivity contribution in [2.24, 2.45) is 0 Å². The highest BCUT2D eigenvalue weighted by Gasteiger charge is 2.19. The number of fused-ring (bicyclic) bond motifs is 1. The molecule has 1 aromatic heterocycles. The average Bonchev–Trinajstić information content (AvgIpc) is 2.62. The quantitative estimate of drug-likeness (QED) is 0.698. The zero-order valence-electron chi connectivity index (χ0n) is 13.6. The highest BCUT2D eigenvalue weighted by Crippen LogP contribution is 2.28. The van der Waals surface area contributed by atoms with Crippen molar-refractivity contribution in [3.8, 4) is 0 Å². The van der Waals surface area contributed by atoms with Crippen molar-refractivity contribution in [2.75, 3.05) is 41.7 Å². The summed E-state index contributed by atoms with van der Waals surface area (Å²) in [6.45, 7) is 3.25. The van der Waals surface area contributed by atoms with Crippen LogP contribution in [-0.4, -0.2) is 36.1 Å². The molecule has 0 spiro atoms. The van der Waals surface area contributed by atoms with Gasteiger partial charge in [0.15, 0.2) is 0 Å². The van der Waals surface area contributed by atoms with Gasteiger partial charge in [0.25, 0.3) is 5.56 Å². The second-order valence-corrected chi connectivity index (χ2v) is 6.13. The zero-order valence-corrected chi connectivity index (χ0v) is 13.6. The van der Waals surface area contributed by atoms with E-state index in [9.17, 15) is 9.18 Å². The number of hydrogen-bond acceptors (Lipinski definition) is 5. The van der Waals surface area contributed by atoms with Crippen LogP contribution >= 0.6 is 0 Å². The first kappa shape index (κ1) is 15.4. The van der Waals surface area contributed by atoms with Crippen molar-refractivity contribution in [3.05, 3.63) is 58.8 Å². The van der Waals surface area contributed by atoms with E-state index >= 15 is 0 Å². The topological polar surface area (TPSA) is 78.2 Å². The molecule has 0 atom stereocenters. The third kappa shape index (κ3) is 3.00. The summed E-state index contributed by atoms with van der Waals surface area (Å²) in [6.07, 6.45) is 1.27. The lowest BCUT2D eigenvalue weighted by Gasteiger charge is -2.37. The number of nitrogens with zero attached hydrogens (tertiary/aromatic N) is 3. The van der Waals surface area contributed by atoms with Crippen LogP contribution in [0, 0.1) is 5.82 Å². The molecule has 1 saturated heterocycles. The van der Waals surface area contributed by atoms with E-state index in [4.69, 9.17) is 5.73 Å². The minimum atomic E-state index is -0.243. The maximum atomic E-state index is 13.1. The van der Waals surface area contributed by atoms with Crippen molar-refractivity contribution in [1.82, 2.24) is 9.97 Å². The number of hydrogen-bond donors (Lipinski definition) is 2. The molecule has 0 aliphatic carbocycles. The lowest BCUT2D eigenvalue weighted by Crippen LogP contribution is -2.46. The molecule has 0 bridgehead atoms. The first-order valence-electron chi connectivity index (χ1n) is 8.14. The van der Waals surface area contributed by atoms with Gasteiger partial charge in [0.1, 0.15) is 5.82 Å². The number of piperazine rings is 1. The first-order valence-corrected chi connectivity index (χ1v) is 8.14. The van der Waals surface area contributed by atoms with Crippen LogP contribution < -0.4 is 21.1 Å². The molecule has 1 aliphatic rings. The Morgan fingerprint density at radius 2 is 1.72 bits per heavy atom. The van der Waals surface area contributed by atoms with E-state index in [1.165, 1.54) is 18.3 Å². The summed E-state index contributed by atoms with van der Waals surface area (Å²) in [4.78, 5) is 22.7. The Bertz CT molecular complexity index is 961. The van der Waals surface area contributed by atoms with Gasteiger partial charge < -0.3 is 20.5 Å². The largest absolute Gasteiger partial charge is 0.397 e. The zero-order chi connectivity index (χ0) is 17.4. The van der Waals surface area contributed by atoms with Gasteiger partial charge >= 0.3 is 0 Å². The normalized spacial score (nSPS) is 14.9. The number of nitrogens with one attached hydrogen (secondary N) is 1.